The van der Waals surface area contributed by atoms with Crippen molar-refractivity contribution in [2.75, 3.05) is 0 Å². The predicted octanol–water partition coefficient (Wildman–Crippen LogP) is 0.307. The fourth-order valence-corrected chi connectivity index (χ4v) is 1.79. The Bertz CT molecular complexity index is 402. The quantitative estimate of drug-likeness (QED) is 0.394. The van der Waals surface area contributed by atoms with Crippen LogP contribution in [0.2, 0.25) is 0 Å². The van der Waals surface area contributed by atoms with E-state index in [2.05, 4.69) is 11.1 Å². The highest BCUT2D eigenvalue weighted by Crippen LogP contribution is 2.15. The zero-order valence-electron chi connectivity index (χ0n) is 8.63. The molecule has 1 aromatic carbocycles. The lowest BCUT2D eigenvalue weighted by molar-refractivity contribution is 0.976. The van der Waals surface area contributed by atoms with Crippen LogP contribution in [-0.4, -0.2) is 11.5 Å². The molecular weight excluding hydrogens is 222 g/mol. The van der Waals surface area contributed by atoms with Crippen LogP contribution in [0.1, 0.15) is 11.1 Å². The normalized spacial score (nSPS) is 11.5. The van der Waals surface area contributed by atoms with E-state index in [4.69, 9.17) is 22.5 Å². The van der Waals surface area contributed by atoms with Crippen LogP contribution < -0.4 is 17.2 Å². The number of aliphatic imine (C=N–C) groups is 1. The molecule has 0 aliphatic carbocycles. The number of hydrogen-bond donors (Lipinski definition) is 3. The smallest absolute Gasteiger partial charge is 0.188 e. The number of guanidine groups is 1. The molecular formula is C10H13N5S. The molecule has 1 rings (SSSR count). The zero-order valence-corrected chi connectivity index (χ0v) is 9.45. The highest BCUT2D eigenvalue weighted by atomic mass is 32.2. The van der Waals surface area contributed by atoms with E-state index in [1.807, 2.05) is 12.1 Å². The minimum absolute atomic E-state index is 0.0140. The molecule has 84 valence electrons. The van der Waals surface area contributed by atoms with E-state index in [0.29, 0.717) is 11.3 Å². The fraction of sp³-hybridized carbons (Fsp3) is 0.200. The van der Waals surface area contributed by atoms with Gasteiger partial charge in [-0.2, -0.15) is 5.26 Å². The van der Waals surface area contributed by atoms with Crippen molar-refractivity contribution in [2.45, 2.75) is 11.3 Å². The Kier molecular flexibility index (Phi) is 4.64. The minimum atomic E-state index is -0.458. The number of nitrogens with two attached hydrogens (primary N) is 3. The summed E-state index contributed by atoms with van der Waals surface area (Å²) in [4.78, 5) is 3.79. The number of benzene rings is 1. The maximum atomic E-state index is 8.62. The van der Waals surface area contributed by atoms with Gasteiger partial charge in [-0.3, -0.25) is 0 Å². The van der Waals surface area contributed by atoms with Crippen molar-refractivity contribution in [3.8, 4) is 6.07 Å². The Balaban J connectivity index is 2.49. The molecule has 0 saturated carbocycles. The van der Waals surface area contributed by atoms with Crippen molar-refractivity contribution in [3.05, 3.63) is 35.4 Å². The van der Waals surface area contributed by atoms with Crippen LogP contribution in [0.15, 0.2) is 29.3 Å². The van der Waals surface area contributed by atoms with Crippen LogP contribution in [0.4, 0.5) is 0 Å². The highest BCUT2D eigenvalue weighted by Gasteiger charge is 2.01. The molecule has 0 radical (unpaired) electrons. The van der Waals surface area contributed by atoms with E-state index in [9.17, 15) is 0 Å². The predicted molar refractivity (Wildman–Crippen MR) is 66.2 cm³/mol. The SMILES string of the molecule is N#Cc1ccc(CSC(N)N=C(N)N)cc1. The Hall–Kier alpha value is -1.71. The fourth-order valence-electron chi connectivity index (χ4n) is 1.04. The molecule has 0 saturated heterocycles. The van der Waals surface area contributed by atoms with Crippen molar-refractivity contribution in [2.24, 2.45) is 22.2 Å². The molecule has 1 atom stereocenters. The summed E-state index contributed by atoms with van der Waals surface area (Å²) in [5, 5.41) is 8.62. The van der Waals surface area contributed by atoms with Gasteiger partial charge >= 0.3 is 0 Å². The summed E-state index contributed by atoms with van der Waals surface area (Å²) >= 11 is 1.42. The molecule has 1 unspecified atom stereocenters. The molecule has 1 aromatic rings. The van der Waals surface area contributed by atoms with Gasteiger partial charge < -0.3 is 17.2 Å². The standard InChI is InChI=1S/C10H13N5S/c11-5-7-1-3-8(4-2-7)6-16-10(14)15-9(12)13/h1-4,10H,6,14H2,(H4,12,13,15). The summed E-state index contributed by atoms with van der Waals surface area (Å²) in [5.74, 6) is 0.684. The average molecular weight is 235 g/mol. The Morgan fingerprint density at radius 1 is 1.38 bits per heavy atom. The minimum Gasteiger partial charge on any atom is -0.370 e. The van der Waals surface area contributed by atoms with Gasteiger partial charge in [-0.05, 0) is 17.7 Å². The summed E-state index contributed by atoms with van der Waals surface area (Å²) < 4.78 is 0. The van der Waals surface area contributed by atoms with Gasteiger partial charge in [-0.15, -0.1) is 11.8 Å². The summed E-state index contributed by atoms with van der Waals surface area (Å²) in [6.45, 7) is 0. The van der Waals surface area contributed by atoms with Gasteiger partial charge in [0, 0.05) is 5.75 Å². The Morgan fingerprint density at radius 2 is 2.00 bits per heavy atom. The zero-order chi connectivity index (χ0) is 12.0. The maximum absolute atomic E-state index is 8.62. The van der Waals surface area contributed by atoms with Crippen LogP contribution in [0.3, 0.4) is 0 Å². The number of nitriles is 1. The molecule has 0 bridgehead atoms. The first-order valence-electron chi connectivity index (χ1n) is 4.57. The molecule has 5 nitrogen and oxygen atoms in total. The van der Waals surface area contributed by atoms with E-state index in [0.717, 1.165) is 5.56 Å². The first-order valence-corrected chi connectivity index (χ1v) is 5.61. The topological polar surface area (TPSA) is 114 Å². The molecule has 0 aliphatic heterocycles. The lowest BCUT2D eigenvalue weighted by Gasteiger charge is -2.06. The average Bonchev–Trinajstić information content (AvgIpc) is 2.26. The Morgan fingerprint density at radius 3 is 2.50 bits per heavy atom. The Labute approximate surface area is 98.3 Å². The van der Waals surface area contributed by atoms with Crippen LogP contribution >= 0.6 is 11.8 Å². The monoisotopic (exact) mass is 235 g/mol. The van der Waals surface area contributed by atoms with Crippen molar-refractivity contribution >= 4 is 17.7 Å². The van der Waals surface area contributed by atoms with Crippen molar-refractivity contribution in [1.29, 1.82) is 5.26 Å². The third-order valence-corrected chi connectivity index (χ3v) is 2.73. The summed E-state index contributed by atoms with van der Waals surface area (Å²) in [5.41, 5.74) is 17.3. The number of thioether (sulfide) groups is 1. The lowest BCUT2D eigenvalue weighted by atomic mass is 10.2. The number of rotatable bonds is 4. The summed E-state index contributed by atoms with van der Waals surface area (Å²) in [6.07, 6.45) is 0. The van der Waals surface area contributed by atoms with Gasteiger partial charge in [0.15, 0.2) is 5.96 Å². The molecule has 0 heterocycles. The second kappa shape index (κ2) is 6.00. The van der Waals surface area contributed by atoms with Crippen LogP contribution in [-0.2, 0) is 5.75 Å². The molecule has 6 N–H and O–H groups in total. The maximum Gasteiger partial charge on any atom is 0.188 e. The van der Waals surface area contributed by atoms with Gasteiger partial charge in [0.1, 0.15) is 5.50 Å². The molecule has 0 aliphatic rings. The second-order valence-corrected chi connectivity index (χ2v) is 4.17. The van der Waals surface area contributed by atoms with Gasteiger partial charge in [-0.25, -0.2) is 4.99 Å². The third-order valence-electron chi connectivity index (χ3n) is 1.78. The number of hydrogen-bond acceptors (Lipinski definition) is 4. The first kappa shape index (κ1) is 12.4. The van der Waals surface area contributed by atoms with E-state index < -0.39 is 5.50 Å². The lowest BCUT2D eigenvalue weighted by Crippen LogP contribution is -2.27. The van der Waals surface area contributed by atoms with Crippen LogP contribution in [0.5, 0.6) is 0 Å². The summed E-state index contributed by atoms with van der Waals surface area (Å²) in [7, 11) is 0. The van der Waals surface area contributed by atoms with E-state index in [1.165, 1.54) is 11.8 Å². The number of nitrogens with zero attached hydrogens (tertiary/aromatic N) is 2. The van der Waals surface area contributed by atoms with E-state index >= 15 is 0 Å². The van der Waals surface area contributed by atoms with Gasteiger partial charge in [-0.1, -0.05) is 12.1 Å². The third kappa shape index (κ3) is 4.21. The highest BCUT2D eigenvalue weighted by molar-refractivity contribution is 7.99. The van der Waals surface area contributed by atoms with Gasteiger partial charge in [0.2, 0.25) is 0 Å². The molecule has 0 spiro atoms. The molecule has 0 amide bonds. The molecule has 0 aromatic heterocycles. The summed E-state index contributed by atoms with van der Waals surface area (Å²) in [6, 6.07) is 9.36. The molecule has 6 heteroatoms. The van der Waals surface area contributed by atoms with Crippen molar-refractivity contribution in [1.82, 2.24) is 0 Å². The largest absolute Gasteiger partial charge is 0.370 e. The van der Waals surface area contributed by atoms with Crippen molar-refractivity contribution < 1.29 is 0 Å². The second-order valence-electron chi connectivity index (χ2n) is 3.06. The first-order chi connectivity index (χ1) is 7.61. The van der Waals surface area contributed by atoms with Gasteiger partial charge in [0.25, 0.3) is 0 Å². The van der Waals surface area contributed by atoms with Crippen LogP contribution in [0.25, 0.3) is 0 Å². The molecule has 0 fully saturated rings. The van der Waals surface area contributed by atoms with E-state index in [1.54, 1.807) is 12.1 Å². The molecule has 16 heavy (non-hydrogen) atoms. The van der Waals surface area contributed by atoms with Gasteiger partial charge in [0.05, 0.1) is 11.6 Å². The van der Waals surface area contributed by atoms with Crippen LogP contribution in [0, 0.1) is 11.3 Å². The van der Waals surface area contributed by atoms with E-state index in [-0.39, 0.29) is 5.96 Å². The van der Waals surface area contributed by atoms with Crippen molar-refractivity contribution in [3.63, 3.8) is 0 Å².